The molecule has 0 fully saturated rings. The van der Waals surface area contributed by atoms with E-state index in [4.69, 9.17) is 10.2 Å². The summed E-state index contributed by atoms with van der Waals surface area (Å²) in [6.45, 7) is 1.85. The third-order valence-corrected chi connectivity index (χ3v) is 2.20. The van der Waals surface area contributed by atoms with Gasteiger partial charge in [0, 0.05) is 17.8 Å². The Morgan fingerprint density at radius 1 is 1.31 bits per heavy atom. The molecule has 0 saturated heterocycles. The van der Waals surface area contributed by atoms with Crippen LogP contribution < -0.4 is 0 Å². The molecular formula is C11H13NO4. The van der Waals surface area contributed by atoms with Gasteiger partial charge in [-0.3, -0.25) is 14.6 Å². The third kappa shape index (κ3) is 3.68. The van der Waals surface area contributed by atoms with E-state index in [9.17, 15) is 9.59 Å². The molecule has 5 nitrogen and oxygen atoms in total. The molecule has 0 radical (unpaired) electrons. The van der Waals surface area contributed by atoms with Gasteiger partial charge in [0.15, 0.2) is 0 Å². The van der Waals surface area contributed by atoms with Crippen LogP contribution in [0, 0.1) is 6.92 Å². The number of aliphatic carboxylic acids is 2. The molecule has 0 aromatic carbocycles. The minimum Gasteiger partial charge on any atom is -0.481 e. The number of rotatable bonds is 5. The maximum Gasteiger partial charge on any atom is 0.304 e. The standard InChI is InChI=1S/C11H13NO4/c1-7-2-3-12-9(4-7)8(5-10(13)14)6-11(15)16/h2-4,8H,5-6H2,1H3,(H,13,14)(H,15,16). The zero-order chi connectivity index (χ0) is 12.1. The summed E-state index contributed by atoms with van der Waals surface area (Å²) in [7, 11) is 0. The first-order chi connectivity index (χ1) is 7.49. The van der Waals surface area contributed by atoms with Crippen LogP contribution in [0.1, 0.15) is 30.0 Å². The second-order valence-corrected chi connectivity index (χ2v) is 3.65. The molecule has 1 heterocycles. The van der Waals surface area contributed by atoms with Crippen molar-refractivity contribution in [3.05, 3.63) is 29.6 Å². The minimum atomic E-state index is -1.02. The summed E-state index contributed by atoms with van der Waals surface area (Å²) in [4.78, 5) is 25.3. The number of aryl methyl sites for hydroxylation is 1. The van der Waals surface area contributed by atoms with Crippen LogP contribution >= 0.6 is 0 Å². The highest BCUT2D eigenvalue weighted by Crippen LogP contribution is 2.22. The Labute approximate surface area is 92.8 Å². The van der Waals surface area contributed by atoms with Gasteiger partial charge in [-0.15, -0.1) is 0 Å². The van der Waals surface area contributed by atoms with E-state index < -0.39 is 17.9 Å². The summed E-state index contributed by atoms with van der Waals surface area (Å²) < 4.78 is 0. The summed E-state index contributed by atoms with van der Waals surface area (Å²) in [6, 6.07) is 3.50. The van der Waals surface area contributed by atoms with Gasteiger partial charge in [-0.05, 0) is 24.6 Å². The maximum atomic E-state index is 10.6. The van der Waals surface area contributed by atoms with Crippen molar-refractivity contribution in [2.75, 3.05) is 0 Å². The summed E-state index contributed by atoms with van der Waals surface area (Å²) in [5.41, 5.74) is 1.45. The van der Waals surface area contributed by atoms with E-state index in [-0.39, 0.29) is 12.8 Å². The first-order valence-electron chi connectivity index (χ1n) is 4.85. The van der Waals surface area contributed by atoms with Gasteiger partial charge in [-0.25, -0.2) is 0 Å². The fraction of sp³-hybridized carbons (Fsp3) is 0.364. The number of carboxylic acids is 2. The van der Waals surface area contributed by atoms with Crippen LogP contribution in [0.5, 0.6) is 0 Å². The average Bonchev–Trinajstić information content (AvgIpc) is 2.15. The summed E-state index contributed by atoms with van der Waals surface area (Å²) in [6.07, 6.45) is 1.12. The lowest BCUT2D eigenvalue weighted by molar-refractivity contribution is -0.139. The van der Waals surface area contributed by atoms with Crippen LogP contribution in [0.3, 0.4) is 0 Å². The van der Waals surface area contributed by atoms with Crippen molar-refractivity contribution in [3.63, 3.8) is 0 Å². The fourth-order valence-electron chi connectivity index (χ4n) is 1.49. The second-order valence-electron chi connectivity index (χ2n) is 3.65. The van der Waals surface area contributed by atoms with E-state index in [0.29, 0.717) is 5.69 Å². The smallest absolute Gasteiger partial charge is 0.304 e. The van der Waals surface area contributed by atoms with Crippen LogP contribution in [-0.4, -0.2) is 27.1 Å². The number of aromatic nitrogens is 1. The molecule has 2 N–H and O–H groups in total. The van der Waals surface area contributed by atoms with Gasteiger partial charge in [0.2, 0.25) is 0 Å². The highest BCUT2D eigenvalue weighted by Gasteiger charge is 2.20. The SMILES string of the molecule is Cc1ccnc(C(CC(=O)O)CC(=O)O)c1. The summed E-state index contributed by atoms with van der Waals surface area (Å²) >= 11 is 0. The fourth-order valence-corrected chi connectivity index (χ4v) is 1.49. The van der Waals surface area contributed by atoms with Crippen LogP contribution in [0.2, 0.25) is 0 Å². The Hall–Kier alpha value is -1.91. The molecule has 0 saturated carbocycles. The Balaban J connectivity index is 2.90. The van der Waals surface area contributed by atoms with E-state index in [1.165, 1.54) is 0 Å². The Bertz CT molecular complexity index is 387. The van der Waals surface area contributed by atoms with Crippen molar-refractivity contribution in [3.8, 4) is 0 Å². The molecule has 0 aliphatic heterocycles. The Morgan fingerprint density at radius 3 is 2.31 bits per heavy atom. The normalized spacial score (nSPS) is 10.4. The average molecular weight is 223 g/mol. The monoisotopic (exact) mass is 223 g/mol. The number of carbonyl (C=O) groups is 2. The Kier molecular flexibility index (Phi) is 3.99. The molecule has 1 rings (SSSR count). The molecule has 0 bridgehead atoms. The Morgan fingerprint density at radius 2 is 1.88 bits per heavy atom. The maximum absolute atomic E-state index is 10.6. The minimum absolute atomic E-state index is 0.219. The lowest BCUT2D eigenvalue weighted by Gasteiger charge is -2.12. The molecule has 0 aliphatic rings. The van der Waals surface area contributed by atoms with E-state index in [2.05, 4.69) is 4.98 Å². The topological polar surface area (TPSA) is 87.5 Å². The number of pyridine rings is 1. The summed E-state index contributed by atoms with van der Waals surface area (Å²) in [5, 5.41) is 17.4. The second kappa shape index (κ2) is 5.25. The van der Waals surface area contributed by atoms with Crippen LogP contribution in [0.15, 0.2) is 18.3 Å². The van der Waals surface area contributed by atoms with E-state index >= 15 is 0 Å². The highest BCUT2D eigenvalue weighted by molar-refractivity contribution is 5.72. The zero-order valence-corrected chi connectivity index (χ0v) is 8.88. The largest absolute Gasteiger partial charge is 0.481 e. The van der Waals surface area contributed by atoms with E-state index in [1.54, 1.807) is 18.3 Å². The van der Waals surface area contributed by atoms with Crippen LogP contribution in [-0.2, 0) is 9.59 Å². The quantitative estimate of drug-likeness (QED) is 0.788. The third-order valence-electron chi connectivity index (χ3n) is 2.20. The number of nitrogens with zero attached hydrogens (tertiary/aromatic N) is 1. The highest BCUT2D eigenvalue weighted by atomic mass is 16.4. The van der Waals surface area contributed by atoms with Gasteiger partial charge in [-0.2, -0.15) is 0 Å². The molecule has 0 aliphatic carbocycles. The van der Waals surface area contributed by atoms with Gasteiger partial charge >= 0.3 is 11.9 Å². The molecule has 5 heteroatoms. The zero-order valence-electron chi connectivity index (χ0n) is 8.88. The van der Waals surface area contributed by atoms with Gasteiger partial charge in [-0.1, -0.05) is 0 Å². The molecule has 86 valence electrons. The first-order valence-corrected chi connectivity index (χ1v) is 4.85. The van der Waals surface area contributed by atoms with E-state index in [1.807, 2.05) is 6.92 Å². The molecular weight excluding hydrogens is 210 g/mol. The molecule has 16 heavy (non-hydrogen) atoms. The number of hydrogen-bond donors (Lipinski definition) is 2. The van der Waals surface area contributed by atoms with Crippen molar-refractivity contribution >= 4 is 11.9 Å². The van der Waals surface area contributed by atoms with Gasteiger partial charge in [0.25, 0.3) is 0 Å². The van der Waals surface area contributed by atoms with Crippen molar-refractivity contribution in [1.82, 2.24) is 4.98 Å². The predicted octanol–water partition coefficient (Wildman–Crippen LogP) is 1.42. The van der Waals surface area contributed by atoms with Crippen molar-refractivity contribution in [2.45, 2.75) is 25.7 Å². The molecule has 0 spiro atoms. The molecule has 1 aromatic heterocycles. The van der Waals surface area contributed by atoms with Gasteiger partial charge in [0.1, 0.15) is 0 Å². The molecule has 1 aromatic rings. The predicted molar refractivity (Wildman–Crippen MR) is 56.2 cm³/mol. The number of carboxylic acid groups (broad SMARTS) is 2. The van der Waals surface area contributed by atoms with E-state index in [0.717, 1.165) is 5.56 Å². The lowest BCUT2D eigenvalue weighted by Crippen LogP contribution is -2.12. The molecule has 0 atom stereocenters. The lowest BCUT2D eigenvalue weighted by atomic mass is 9.96. The first kappa shape index (κ1) is 12.2. The van der Waals surface area contributed by atoms with Gasteiger partial charge < -0.3 is 10.2 Å². The van der Waals surface area contributed by atoms with Crippen molar-refractivity contribution in [2.24, 2.45) is 0 Å². The van der Waals surface area contributed by atoms with Crippen molar-refractivity contribution in [1.29, 1.82) is 0 Å². The van der Waals surface area contributed by atoms with Crippen LogP contribution in [0.4, 0.5) is 0 Å². The summed E-state index contributed by atoms with van der Waals surface area (Å²) in [5.74, 6) is -2.61. The molecule has 0 amide bonds. The molecule has 0 unspecified atom stereocenters. The van der Waals surface area contributed by atoms with Gasteiger partial charge in [0.05, 0.1) is 12.8 Å². The number of hydrogen-bond acceptors (Lipinski definition) is 3. The van der Waals surface area contributed by atoms with Crippen LogP contribution in [0.25, 0.3) is 0 Å². The van der Waals surface area contributed by atoms with Crippen molar-refractivity contribution < 1.29 is 19.8 Å².